The van der Waals surface area contributed by atoms with Gasteiger partial charge in [-0.05, 0) is 12.1 Å². The highest BCUT2D eigenvalue weighted by molar-refractivity contribution is 5.97. The standard InChI is InChI=1S/C11H10N6O/c12-9-6(10(13)18)5-14-17(9)11-15-7-3-1-2-4-8(7)16-11/h1-5H,12H2,(H2,13,18)(H,15,16). The molecule has 5 N–H and O–H groups in total. The molecular formula is C11H10N6O. The van der Waals surface area contributed by atoms with Crippen LogP contribution in [0.25, 0.3) is 17.0 Å². The number of aromatic amines is 1. The number of anilines is 1. The van der Waals surface area contributed by atoms with Gasteiger partial charge in [0.05, 0.1) is 17.2 Å². The van der Waals surface area contributed by atoms with E-state index >= 15 is 0 Å². The number of nitrogens with zero attached hydrogens (tertiary/aromatic N) is 3. The maximum Gasteiger partial charge on any atom is 0.254 e. The molecule has 3 aromatic rings. The quantitative estimate of drug-likeness (QED) is 0.604. The van der Waals surface area contributed by atoms with Gasteiger partial charge in [0.25, 0.3) is 5.91 Å². The lowest BCUT2D eigenvalue weighted by Gasteiger charge is -1.98. The number of primary amides is 1. The maximum atomic E-state index is 11.1. The van der Waals surface area contributed by atoms with Crippen molar-refractivity contribution in [2.45, 2.75) is 0 Å². The molecule has 0 spiro atoms. The Balaban J connectivity index is 2.17. The summed E-state index contributed by atoms with van der Waals surface area (Å²) in [7, 11) is 0. The van der Waals surface area contributed by atoms with Crippen molar-refractivity contribution in [2.24, 2.45) is 5.73 Å². The highest BCUT2D eigenvalue weighted by Gasteiger charge is 2.15. The minimum absolute atomic E-state index is 0.168. The smallest absolute Gasteiger partial charge is 0.254 e. The van der Waals surface area contributed by atoms with Crippen LogP contribution in [0.15, 0.2) is 30.5 Å². The molecule has 0 saturated heterocycles. The number of aromatic nitrogens is 4. The number of rotatable bonds is 2. The lowest BCUT2D eigenvalue weighted by molar-refractivity contribution is 0.100. The number of hydrogen-bond donors (Lipinski definition) is 3. The Kier molecular flexibility index (Phi) is 2.06. The number of hydrogen-bond acceptors (Lipinski definition) is 4. The number of H-pyrrole nitrogens is 1. The molecular weight excluding hydrogens is 232 g/mol. The molecule has 3 rings (SSSR count). The summed E-state index contributed by atoms with van der Waals surface area (Å²) in [6, 6.07) is 7.53. The first-order chi connectivity index (χ1) is 8.66. The van der Waals surface area contributed by atoms with E-state index in [2.05, 4.69) is 15.1 Å². The van der Waals surface area contributed by atoms with Crippen molar-refractivity contribution in [3.63, 3.8) is 0 Å². The molecule has 1 aromatic carbocycles. The number of imidazole rings is 1. The molecule has 2 heterocycles. The van der Waals surface area contributed by atoms with E-state index in [1.165, 1.54) is 10.9 Å². The summed E-state index contributed by atoms with van der Waals surface area (Å²) in [6.45, 7) is 0. The van der Waals surface area contributed by atoms with E-state index in [0.29, 0.717) is 5.95 Å². The third-order valence-electron chi connectivity index (χ3n) is 2.65. The van der Waals surface area contributed by atoms with E-state index in [1.807, 2.05) is 24.3 Å². The number of amides is 1. The van der Waals surface area contributed by atoms with Gasteiger partial charge >= 0.3 is 0 Å². The van der Waals surface area contributed by atoms with Crippen molar-refractivity contribution < 1.29 is 4.79 Å². The minimum atomic E-state index is -0.616. The van der Waals surface area contributed by atoms with Gasteiger partial charge in [-0.25, -0.2) is 4.98 Å². The first-order valence-electron chi connectivity index (χ1n) is 5.25. The second-order valence-electron chi connectivity index (χ2n) is 3.80. The number of carbonyl (C=O) groups is 1. The summed E-state index contributed by atoms with van der Waals surface area (Å²) in [5.74, 6) is -0.00221. The monoisotopic (exact) mass is 242 g/mol. The van der Waals surface area contributed by atoms with Gasteiger partial charge in [-0.15, -0.1) is 0 Å². The molecule has 0 atom stereocenters. The largest absolute Gasteiger partial charge is 0.383 e. The van der Waals surface area contributed by atoms with Crippen LogP contribution in [0.4, 0.5) is 5.82 Å². The topological polar surface area (TPSA) is 116 Å². The van der Waals surface area contributed by atoms with Crippen LogP contribution in [-0.4, -0.2) is 25.7 Å². The van der Waals surface area contributed by atoms with Crippen LogP contribution in [0.3, 0.4) is 0 Å². The summed E-state index contributed by atoms with van der Waals surface area (Å²) < 4.78 is 1.35. The van der Waals surface area contributed by atoms with Crippen molar-refractivity contribution in [1.82, 2.24) is 19.7 Å². The van der Waals surface area contributed by atoms with E-state index in [1.54, 1.807) is 0 Å². The number of benzene rings is 1. The number of para-hydroxylation sites is 2. The molecule has 0 aliphatic heterocycles. The van der Waals surface area contributed by atoms with Gasteiger partial charge < -0.3 is 16.5 Å². The predicted molar refractivity (Wildman–Crippen MR) is 66.1 cm³/mol. The zero-order valence-corrected chi connectivity index (χ0v) is 9.29. The Bertz CT molecular complexity index is 708. The average molecular weight is 242 g/mol. The van der Waals surface area contributed by atoms with Gasteiger partial charge in [-0.3, -0.25) is 4.79 Å². The molecule has 0 fully saturated rings. The van der Waals surface area contributed by atoms with E-state index in [-0.39, 0.29) is 11.4 Å². The lowest BCUT2D eigenvalue weighted by atomic mass is 10.3. The van der Waals surface area contributed by atoms with E-state index in [4.69, 9.17) is 11.5 Å². The summed E-state index contributed by atoms with van der Waals surface area (Å²) in [5, 5.41) is 4.00. The van der Waals surface area contributed by atoms with Crippen LogP contribution >= 0.6 is 0 Å². The van der Waals surface area contributed by atoms with Crippen LogP contribution < -0.4 is 11.5 Å². The zero-order chi connectivity index (χ0) is 12.7. The van der Waals surface area contributed by atoms with Crippen molar-refractivity contribution >= 4 is 22.8 Å². The zero-order valence-electron chi connectivity index (χ0n) is 9.29. The Labute approximate surface area is 101 Å². The fourth-order valence-corrected chi connectivity index (χ4v) is 1.76. The van der Waals surface area contributed by atoms with Gasteiger partial charge in [-0.1, -0.05) is 12.1 Å². The van der Waals surface area contributed by atoms with Crippen LogP contribution in [0.2, 0.25) is 0 Å². The molecule has 1 amide bonds. The molecule has 0 saturated carbocycles. The molecule has 18 heavy (non-hydrogen) atoms. The van der Waals surface area contributed by atoms with Crippen LogP contribution in [-0.2, 0) is 0 Å². The fourth-order valence-electron chi connectivity index (χ4n) is 1.76. The molecule has 0 radical (unpaired) electrons. The van der Waals surface area contributed by atoms with Crippen LogP contribution in [0, 0.1) is 0 Å². The molecule has 0 unspecified atom stereocenters. The number of nitrogen functional groups attached to an aromatic ring is 1. The summed E-state index contributed by atoms with van der Waals surface area (Å²) in [4.78, 5) is 18.5. The second kappa shape index (κ2) is 3.59. The Morgan fingerprint density at radius 3 is 2.78 bits per heavy atom. The highest BCUT2D eigenvalue weighted by Crippen LogP contribution is 2.17. The number of carbonyl (C=O) groups excluding carboxylic acids is 1. The van der Waals surface area contributed by atoms with Crippen molar-refractivity contribution in [2.75, 3.05) is 5.73 Å². The molecule has 2 aromatic heterocycles. The first kappa shape index (κ1) is 10.3. The Morgan fingerprint density at radius 1 is 1.33 bits per heavy atom. The van der Waals surface area contributed by atoms with Crippen molar-refractivity contribution in [1.29, 1.82) is 0 Å². The average Bonchev–Trinajstić information content (AvgIpc) is 2.91. The Morgan fingerprint density at radius 2 is 2.11 bits per heavy atom. The lowest BCUT2D eigenvalue weighted by Crippen LogP contribution is -2.13. The summed E-state index contributed by atoms with van der Waals surface area (Å²) in [6.07, 6.45) is 1.32. The van der Waals surface area contributed by atoms with Crippen molar-refractivity contribution in [3.8, 4) is 5.95 Å². The predicted octanol–water partition coefficient (Wildman–Crippen LogP) is 0.430. The maximum absolute atomic E-state index is 11.1. The molecule has 7 nitrogen and oxygen atoms in total. The highest BCUT2D eigenvalue weighted by atomic mass is 16.1. The van der Waals surface area contributed by atoms with Gasteiger partial charge in [0.2, 0.25) is 5.95 Å². The third kappa shape index (κ3) is 1.41. The normalized spacial score (nSPS) is 10.9. The van der Waals surface area contributed by atoms with E-state index < -0.39 is 5.91 Å². The molecule has 0 aliphatic rings. The summed E-state index contributed by atoms with van der Waals surface area (Å²) >= 11 is 0. The van der Waals surface area contributed by atoms with Gasteiger partial charge in [0, 0.05) is 0 Å². The molecule has 0 aliphatic carbocycles. The fraction of sp³-hybridized carbons (Fsp3) is 0. The van der Waals surface area contributed by atoms with Crippen LogP contribution in [0.1, 0.15) is 10.4 Å². The van der Waals surface area contributed by atoms with E-state index in [0.717, 1.165) is 11.0 Å². The molecule has 7 heteroatoms. The second-order valence-corrected chi connectivity index (χ2v) is 3.80. The Hall–Kier alpha value is -2.83. The third-order valence-corrected chi connectivity index (χ3v) is 2.65. The van der Waals surface area contributed by atoms with Crippen molar-refractivity contribution in [3.05, 3.63) is 36.0 Å². The van der Waals surface area contributed by atoms with Gasteiger partial charge in [-0.2, -0.15) is 9.78 Å². The van der Waals surface area contributed by atoms with Gasteiger partial charge in [0.1, 0.15) is 11.4 Å². The van der Waals surface area contributed by atoms with E-state index in [9.17, 15) is 4.79 Å². The number of nitrogens with one attached hydrogen (secondary N) is 1. The SMILES string of the molecule is NC(=O)c1cnn(-c2nc3ccccc3[nH]2)c1N. The molecule has 90 valence electrons. The molecule has 0 bridgehead atoms. The first-order valence-corrected chi connectivity index (χ1v) is 5.25. The van der Waals surface area contributed by atoms with Crippen LogP contribution in [0.5, 0.6) is 0 Å². The number of fused-ring (bicyclic) bond motifs is 1. The summed E-state index contributed by atoms with van der Waals surface area (Å²) in [5.41, 5.74) is 12.8. The minimum Gasteiger partial charge on any atom is -0.383 e. The number of nitrogens with two attached hydrogens (primary N) is 2. The van der Waals surface area contributed by atoms with Gasteiger partial charge in [0.15, 0.2) is 0 Å².